The van der Waals surface area contributed by atoms with Gasteiger partial charge in [-0.15, -0.1) is 0 Å². The molecule has 1 aliphatic carbocycles. The average Bonchev–Trinajstić information content (AvgIpc) is 2.39. The summed E-state index contributed by atoms with van der Waals surface area (Å²) in [6.45, 7) is 0. The van der Waals surface area contributed by atoms with E-state index in [0.717, 1.165) is 25.7 Å². The van der Waals surface area contributed by atoms with E-state index in [4.69, 9.17) is 11.6 Å². The zero-order valence-corrected chi connectivity index (χ0v) is 11.9. The Morgan fingerprint density at radius 1 is 1.37 bits per heavy atom. The minimum Gasteiger partial charge on any atom is -0.314 e. The number of ketones is 1. The molecule has 1 saturated carbocycles. The summed E-state index contributed by atoms with van der Waals surface area (Å²) in [6.07, 6.45) is 5.76. The van der Waals surface area contributed by atoms with Gasteiger partial charge in [-0.2, -0.15) is 0 Å². The van der Waals surface area contributed by atoms with Gasteiger partial charge in [-0.3, -0.25) is 4.79 Å². The molecule has 1 fully saturated rings. The zero-order valence-electron chi connectivity index (χ0n) is 11.1. The van der Waals surface area contributed by atoms with Gasteiger partial charge in [-0.25, -0.2) is 4.39 Å². The molecule has 1 aliphatic rings. The minimum absolute atomic E-state index is 0.143. The summed E-state index contributed by atoms with van der Waals surface area (Å²) < 4.78 is 13.8. The van der Waals surface area contributed by atoms with Crippen molar-refractivity contribution in [3.63, 3.8) is 0 Å². The van der Waals surface area contributed by atoms with Crippen LogP contribution in [0.2, 0.25) is 5.02 Å². The van der Waals surface area contributed by atoms with E-state index >= 15 is 0 Å². The van der Waals surface area contributed by atoms with Gasteiger partial charge in [0.05, 0.1) is 5.56 Å². The van der Waals surface area contributed by atoms with Crippen LogP contribution in [-0.4, -0.2) is 18.4 Å². The second-order valence-corrected chi connectivity index (χ2v) is 5.75. The van der Waals surface area contributed by atoms with Crippen LogP contribution in [0.25, 0.3) is 0 Å². The third-order valence-corrected chi connectivity index (χ3v) is 4.31. The number of Topliss-reactive ketones (excluding diaryl/α,β-unsaturated/α-hetero) is 1. The number of benzene rings is 1. The monoisotopic (exact) mass is 283 g/mol. The standard InChI is InChI=1S/C15H19ClFNO/c1-18-15(7-3-2-4-8-15)10-14(19)12-6-5-11(16)9-13(12)17/h5-6,9,18H,2-4,7-8,10H2,1H3. The summed E-state index contributed by atoms with van der Waals surface area (Å²) in [6, 6.07) is 4.23. The van der Waals surface area contributed by atoms with E-state index in [0.29, 0.717) is 11.4 Å². The quantitative estimate of drug-likeness (QED) is 0.847. The highest BCUT2D eigenvalue weighted by Crippen LogP contribution is 2.32. The van der Waals surface area contributed by atoms with Crippen LogP contribution in [0, 0.1) is 5.82 Å². The van der Waals surface area contributed by atoms with E-state index in [1.54, 1.807) is 6.07 Å². The van der Waals surface area contributed by atoms with Crippen molar-refractivity contribution >= 4 is 17.4 Å². The van der Waals surface area contributed by atoms with Crippen LogP contribution < -0.4 is 5.32 Å². The lowest BCUT2D eigenvalue weighted by Crippen LogP contribution is -2.46. The largest absolute Gasteiger partial charge is 0.314 e. The van der Waals surface area contributed by atoms with Crippen molar-refractivity contribution in [1.82, 2.24) is 5.32 Å². The van der Waals surface area contributed by atoms with E-state index in [1.807, 2.05) is 7.05 Å². The Hall–Kier alpha value is -0.930. The van der Waals surface area contributed by atoms with Gasteiger partial charge in [0.1, 0.15) is 5.82 Å². The first-order chi connectivity index (χ1) is 9.06. The van der Waals surface area contributed by atoms with Crippen LogP contribution in [-0.2, 0) is 0 Å². The van der Waals surface area contributed by atoms with Gasteiger partial charge in [0.15, 0.2) is 5.78 Å². The Morgan fingerprint density at radius 3 is 2.63 bits per heavy atom. The molecule has 4 heteroatoms. The smallest absolute Gasteiger partial charge is 0.167 e. The number of hydrogen-bond donors (Lipinski definition) is 1. The lowest BCUT2D eigenvalue weighted by molar-refractivity contribution is 0.0911. The van der Waals surface area contributed by atoms with Crippen molar-refractivity contribution in [2.24, 2.45) is 0 Å². The van der Waals surface area contributed by atoms with Crippen LogP contribution in [0.4, 0.5) is 4.39 Å². The van der Waals surface area contributed by atoms with Gasteiger partial charge >= 0.3 is 0 Å². The van der Waals surface area contributed by atoms with Crippen LogP contribution in [0.15, 0.2) is 18.2 Å². The maximum absolute atomic E-state index is 13.8. The molecule has 0 saturated heterocycles. The van der Waals surface area contributed by atoms with Crippen molar-refractivity contribution in [3.05, 3.63) is 34.6 Å². The fourth-order valence-corrected chi connectivity index (χ4v) is 3.02. The molecule has 2 rings (SSSR count). The Bertz CT molecular complexity index is 469. The first kappa shape index (κ1) is 14.5. The molecule has 2 nitrogen and oxygen atoms in total. The number of hydrogen-bond acceptors (Lipinski definition) is 2. The molecule has 0 atom stereocenters. The van der Waals surface area contributed by atoms with E-state index < -0.39 is 5.82 Å². The highest BCUT2D eigenvalue weighted by molar-refractivity contribution is 6.30. The number of halogens is 2. The summed E-state index contributed by atoms with van der Waals surface area (Å²) in [7, 11) is 1.89. The van der Waals surface area contributed by atoms with Crippen molar-refractivity contribution in [1.29, 1.82) is 0 Å². The third kappa shape index (κ3) is 3.34. The molecule has 0 amide bonds. The maximum atomic E-state index is 13.8. The van der Waals surface area contributed by atoms with Crippen LogP contribution in [0.5, 0.6) is 0 Å². The molecular weight excluding hydrogens is 265 g/mol. The first-order valence-electron chi connectivity index (χ1n) is 6.73. The summed E-state index contributed by atoms with van der Waals surface area (Å²) in [5.41, 5.74) is -0.0221. The minimum atomic E-state index is -0.528. The number of nitrogens with one attached hydrogen (secondary N) is 1. The Labute approximate surface area is 118 Å². The van der Waals surface area contributed by atoms with Crippen LogP contribution in [0.3, 0.4) is 0 Å². The molecule has 0 spiro atoms. The molecule has 19 heavy (non-hydrogen) atoms. The zero-order chi connectivity index (χ0) is 13.9. The Morgan fingerprint density at radius 2 is 2.05 bits per heavy atom. The number of carbonyl (C=O) groups is 1. The fourth-order valence-electron chi connectivity index (χ4n) is 2.86. The molecule has 0 heterocycles. The van der Waals surface area contributed by atoms with Gasteiger partial charge < -0.3 is 5.32 Å². The summed E-state index contributed by atoms with van der Waals surface area (Å²) in [5.74, 6) is -0.676. The predicted octanol–water partition coefficient (Wildman–Crippen LogP) is 3.97. The lowest BCUT2D eigenvalue weighted by Gasteiger charge is -2.36. The average molecular weight is 284 g/mol. The topological polar surface area (TPSA) is 29.1 Å². The lowest BCUT2D eigenvalue weighted by atomic mass is 9.77. The molecule has 0 unspecified atom stereocenters. The number of rotatable bonds is 4. The highest BCUT2D eigenvalue weighted by Gasteiger charge is 2.33. The second kappa shape index (κ2) is 6.02. The summed E-state index contributed by atoms with van der Waals surface area (Å²) >= 11 is 5.70. The molecule has 104 valence electrons. The second-order valence-electron chi connectivity index (χ2n) is 5.32. The molecule has 1 N–H and O–H groups in total. The molecule has 1 aromatic rings. The van der Waals surface area contributed by atoms with Crippen LogP contribution >= 0.6 is 11.6 Å². The van der Waals surface area contributed by atoms with Gasteiger partial charge in [-0.1, -0.05) is 30.9 Å². The Balaban J connectivity index is 2.15. The molecule has 1 aromatic carbocycles. The predicted molar refractivity (Wildman–Crippen MR) is 75.2 cm³/mol. The summed E-state index contributed by atoms with van der Waals surface area (Å²) in [4.78, 5) is 12.3. The van der Waals surface area contributed by atoms with Crippen molar-refractivity contribution in [2.45, 2.75) is 44.1 Å². The van der Waals surface area contributed by atoms with E-state index in [2.05, 4.69) is 5.32 Å². The van der Waals surface area contributed by atoms with Gasteiger partial charge in [0, 0.05) is 17.0 Å². The number of carbonyl (C=O) groups excluding carboxylic acids is 1. The van der Waals surface area contributed by atoms with Crippen LogP contribution in [0.1, 0.15) is 48.9 Å². The van der Waals surface area contributed by atoms with Crippen molar-refractivity contribution < 1.29 is 9.18 Å². The molecule has 0 aliphatic heterocycles. The van der Waals surface area contributed by atoms with Crippen molar-refractivity contribution in [3.8, 4) is 0 Å². The molecular formula is C15H19ClFNO. The molecule has 0 bridgehead atoms. The van der Waals surface area contributed by atoms with Gasteiger partial charge in [0.25, 0.3) is 0 Å². The third-order valence-electron chi connectivity index (χ3n) is 4.07. The SMILES string of the molecule is CNC1(CC(=O)c2ccc(Cl)cc2F)CCCCC1. The first-order valence-corrected chi connectivity index (χ1v) is 7.11. The highest BCUT2D eigenvalue weighted by atomic mass is 35.5. The van der Waals surface area contributed by atoms with Gasteiger partial charge in [0.2, 0.25) is 0 Å². The fraction of sp³-hybridized carbons (Fsp3) is 0.533. The van der Waals surface area contributed by atoms with E-state index in [9.17, 15) is 9.18 Å². The molecule has 0 aromatic heterocycles. The van der Waals surface area contributed by atoms with Crippen molar-refractivity contribution in [2.75, 3.05) is 7.05 Å². The van der Waals surface area contributed by atoms with E-state index in [-0.39, 0.29) is 16.9 Å². The Kier molecular flexibility index (Phi) is 4.58. The summed E-state index contributed by atoms with van der Waals surface area (Å²) in [5, 5.41) is 3.59. The molecule has 0 radical (unpaired) electrons. The van der Waals surface area contributed by atoms with Gasteiger partial charge in [-0.05, 0) is 38.1 Å². The maximum Gasteiger partial charge on any atom is 0.167 e. The normalized spacial score (nSPS) is 18.3. The van der Waals surface area contributed by atoms with E-state index in [1.165, 1.54) is 18.6 Å².